The van der Waals surface area contributed by atoms with Crippen LogP contribution in [0.4, 0.5) is 0 Å². The Hall–Kier alpha value is -7.88. The van der Waals surface area contributed by atoms with E-state index < -0.39 is 0 Å². The van der Waals surface area contributed by atoms with Gasteiger partial charge < -0.3 is 31.2 Å². The van der Waals surface area contributed by atoms with E-state index in [9.17, 15) is 19.2 Å². The molecule has 0 unspecified atom stereocenters. The highest BCUT2D eigenvalue weighted by Crippen LogP contribution is 2.39. The van der Waals surface area contributed by atoms with Gasteiger partial charge in [-0.15, -0.1) is 0 Å². The fourth-order valence-electron chi connectivity index (χ4n) is 18.3. The number of amides is 4. The van der Waals surface area contributed by atoms with Crippen molar-refractivity contribution in [1.82, 2.24) is 61.1 Å². The molecular weight excluding hydrogens is 1530 g/mol. The number of aromatic amines is 2. The highest BCUT2D eigenvalue weighted by Gasteiger charge is 2.26. The summed E-state index contributed by atoms with van der Waals surface area (Å²) < 4.78 is 0. The number of carbonyl (C=O) groups is 4. The van der Waals surface area contributed by atoms with E-state index in [4.69, 9.17) is 29.9 Å². The Balaban J connectivity index is 0.944. The van der Waals surface area contributed by atoms with Crippen LogP contribution in [0.3, 0.4) is 0 Å². The first-order valence-corrected chi connectivity index (χ1v) is 51.7. The van der Waals surface area contributed by atoms with Crippen LogP contribution in [0.5, 0.6) is 0 Å². The van der Waals surface area contributed by atoms with Gasteiger partial charge in [-0.05, 0) is 98.5 Å². The molecule has 3 aromatic heterocycles. The van der Waals surface area contributed by atoms with Crippen LogP contribution >= 0.6 is 0 Å². The van der Waals surface area contributed by atoms with Crippen LogP contribution in [0.2, 0.25) is 0 Å². The lowest BCUT2D eigenvalue weighted by Crippen LogP contribution is -2.24. The fourth-order valence-corrected chi connectivity index (χ4v) is 18.3. The molecule has 0 saturated carbocycles. The predicted octanol–water partition coefficient (Wildman–Crippen LogP) is 30.8. The fraction of sp³-hybridized carbons (Fsp3) is 0.667. The van der Waals surface area contributed by atoms with Crippen LogP contribution in [0, 0.1) is 0 Å². The summed E-state index contributed by atoms with van der Waals surface area (Å²) in [6.45, 7) is 11.4. The van der Waals surface area contributed by atoms with Crippen LogP contribution in [0.1, 0.15) is 480 Å². The van der Waals surface area contributed by atoms with Gasteiger partial charge in [-0.3, -0.25) is 19.2 Å². The molecule has 682 valence electrons. The maximum absolute atomic E-state index is 14.3. The molecule has 0 radical (unpaired) electrons. The molecule has 4 amide bonds. The van der Waals surface area contributed by atoms with Crippen LogP contribution in [-0.2, 0) is 0 Å². The number of nitrogens with one attached hydrogen (secondary N) is 6. The van der Waals surface area contributed by atoms with Crippen molar-refractivity contribution in [1.29, 1.82) is 0 Å². The Morgan fingerprint density at radius 2 is 0.379 bits per heavy atom. The Morgan fingerprint density at radius 1 is 0.202 bits per heavy atom. The van der Waals surface area contributed by atoms with Gasteiger partial charge >= 0.3 is 0 Å². The maximum atomic E-state index is 14.3. The number of unbranched alkanes of at least 4 members (excludes halogenated alkanes) is 60. The first-order valence-electron chi connectivity index (χ1n) is 51.7. The van der Waals surface area contributed by atoms with Crippen molar-refractivity contribution < 1.29 is 19.2 Å². The number of fused-ring (bicyclic) bond motifs is 20. The smallest absolute Gasteiger partial charge is 0.251 e. The highest BCUT2D eigenvalue weighted by atomic mass is 16.2. The van der Waals surface area contributed by atoms with Crippen molar-refractivity contribution in [2.75, 3.05) is 26.2 Å². The van der Waals surface area contributed by atoms with E-state index in [-0.39, 0.29) is 23.6 Å². The number of carbonyl (C=O) groups excluding carboxylic acids is 4. The van der Waals surface area contributed by atoms with Crippen LogP contribution in [0.25, 0.3) is 89.7 Å². The van der Waals surface area contributed by atoms with Gasteiger partial charge in [0.2, 0.25) is 0 Å². The SMILES string of the molecule is CCCCCCCCCCCCCCCCCCNC(=O)c1ccc2c(c1)-c1nc-2nc2[nH]c(nc3nc(nc4[nH]c(n1)c1ccc(C(=O)NCCCCCCCCCCCCCCCCCC)cc41)-c1cc(C(=O)NCCCCCCCCCCCCCCCCCC)ccc1-3)c1cc(C(=O)NCCCCCCCCCCCCCCCCCC)ccc21. The quantitative estimate of drug-likeness (QED) is 0.0198. The Morgan fingerprint density at radius 3 is 0.597 bits per heavy atom. The molecule has 124 heavy (non-hydrogen) atoms. The predicted molar refractivity (Wildman–Crippen MR) is 524 cm³/mol. The van der Waals surface area contributed by atoms with Gasteiger partial charge in [0.05, 0.1) is 0 Å². The summed E-state index contributed by atoms with van der Waals surface area (Å²) in [6.07, 6.45) is 82.3. The van der Waals surface area contributed by atoms with Crippen molar-refractivity contribution in [3.05, 3.63) is 95.1 Å². The lowest BCUT2D eigenvalue weighted by atomic mass is 10.0. The minimum absolute atomic E-state index is 0.168. The largest absolute Gasteiger partial charge is 0.352 e. The second-order valence-electron chi connectivity index (χ2n) is 36.9. The molecule has 6 N–H and O–H groups in total. The molecule has 8 bridgehead atoms. The van der Waals surface area contributed by atoms with E-state index in [1.54, 1.807) is 0 Å². The number of rotatable bonds is 72. The molecule has 0 fully saturated rings. The van der Waals surface area contributed by atoms with Gasteiger partial charge in [-0.1, -0.05) is 413 Å². The molecule has 16 heteroatoms. The van der Waals surface area contributed by atoms with Crippen molar-refractivity contribution in [3.8, 4) is 45.6 Å². The van der Waals surface area contributed by atoms with Crippen molar-refractivity contribution >= 4 is 67.8 Å². The average Bonchev–Trinajstić information content (AvgIpc) is 1.59. The van der Waals surface area contributed by atoms with Gasteiger partial charge in [0, 0.05) is 92.2 Å². The van der Waals surface area contributed by atoms with E-state index in [1.165, 1.54) is 334 Å². The van der Waals surface area contributed by atoms with E-state index in [0.29, 0.717) is 138 Å². The van der Waals surface area contributed by atoms with Gasteiger partial charge in [0.25, 0.3) is 23.6 Å². The first kappa shape index (κ1) is 99.9. The van der Waals surface area contributed by atoms with E-state index >= 15 is 0 Å². The van der Waals surface area contributed by atoms with Crippen LogP contribution in [0.15, 0.2) is 72.8 Å². The molecule has 9 rings (SSSR count). The highest BCUT2D eigenvalue weighted by molar-refractivity contribution is 6.10. The Labute approximate surface area is 749 Å². The van der Waals surface area contributed by atoms with Crippen molar-refractivity contribution in [3.63, 3.8) is 0 Å². The van der Waals surface area contributed by atoms with Gasteiger partial charge in [0.15, 0.2) is 23.3 Å². The zero-order chi connectivity index (χ0) is 86.9. The molecule has 0 atom stereocenters. The minimum atomic E-state index is -0.180. The molecule has 4 aromatic carbocycles. The molecular formula is C108H166N12O4. The lowest BCUT2D eigenvalue weighted by molar-refractivity contribution is 0.0944. The second kappa shape index (κ2) is 61.5. The molecule has 5 heterocycles. The summed E-state index contributed by atoms with van der Waals surface area (Å²) in [6, 6.07) is 22.5. The number of aromatic nitrogens is 8. The van der Waals surface area contributed by atoms with Gasteiger partial charge in [0.1, 0.15) is 22.6 Å². The summed E-state index contributed by atoms with van der Waals surface area (Å²) in [5.41, 5.74) is 6.23. The Kier molecular flexibility index (Phi) is 49.6. The first-order chi connectivity index (χ1) is 61.2. The summed E-state index contributed by atoms with van der Waals surface area (Å²) in [4.78, 5) is 96.3. The number of hydrogen-bond donors (Lipinski definition) is 6. The van der Waals surface area contributed by atoms with Gasteiger partial charge in [-0.2, -0.15) is 0 Å². The van der Waals surface area contributed by atoms with Crippen molar-refractivity contribution in [2.45, 2.75) is 439 Å². The maximum Gasteiger partial charge on any atom is 0.251 e. The average molecular weight is 1700 g/mol. The third kappa shape index (κ3) is 36.5. The van der Waals surface area contributed by atoms with Gasteiger partial charge in [-0.25, -0.2) is 29.9 Å². The molecule has 0 aliphatic carbocycles. The Bertz CT molecular complexity index is 4370. The normalized spacial score (nSPS) is 11.8. The van der Waals surface area contributed by atoms with Crippen LogP contribution in [-0.4, -0.2) is 89.7 Å². The number of benzene rings is 4. The third-order valence-corrected chi connectivity index (χ3v) is 26.1. The summed E-state index contributed by atoms with van der Waals surface area (Å²) in [7, 11) is 0. The van der Waals surface area contributed by atoms with E-state index in [2.05, 4.69) is 58.9 Å². The number of nitrogens with zero attached hydrogens (tertiary/aromatic N) is 6. The molecule has 16 nitrogen and oxygen atoms in total. The molecule has 2 aliphatic rings. The molecule has 7 aromatic rings. The van der Waals surface area contributed by atoms with Crippen LogP contribution < -0.4 is 21.3 Å². The summed E-state index contributed by atoms with van der Waals surface area (Å²) in [5, 5.41) is 15.6. The lowest BCUT2D eigenvalue weighted by Gasteiger charge is -2.07. The zero-order valence-corrected chi connectivity index (χ0v) is 78.3. The third-order valence-electron chi connectivity index (χ3n) is 26.1. The topological polar surface area (TPSA) is 225 Å². The second-order valence-corrected chi connectivity index (χ2v) is 36.9. The monoisotopic (exact) mass is 1700 g/mol. The molecule has 2 aliphatic heterocycles. The summed E-state index contributed by atoms with van der Waals surface area (Å²) in [5.74, 6) is 0.676. The summed E-state index contributed by atoms with van der Waals surface area (Å²) >= 11 is 0. The van der Waals surface area contributed by atoms with E-state index in [0.717, 1.165) is 77.0 Å². The number of hydrogen-bond acceptors (Lipinski definition) is 10. The molecule has 0 saturated heterocycles. The van der Waals surface area contributed by atoms with E-state index in [1.807, 2.05) is 72.8 Å². The molecule has 0 spiro atoms. The number of H-pyrrole nitrogens is 2. The van der Waals surface area contributed by atoms with Crippen molar-refractivity contribution in [2.24, 2.45) is 0 Å². The minimum Gasteiger partial charge on any atom is -0.352 e. The zero-order valence-electron chi connectivity index (χ0n) is 78.3. The standard InChI is InChI=1S/C108H166N12O4/c1-5-9-13-17-21-25-29-33-37-41-45-49-53-57-61-65-77-109-105(121)85-69-73-89-93(81-85)101-114-97(89)113-98-90-74-70-86(106(122)110-78-66-62-58-54-50-46-42-38-34-30-26-22-18-14-10-6-2)82-94(90)102(115-98)117-100-92-76-72-88(108(124)112-80-68-64-60-56-52-48-44-40-36-32-28-24-20-16-12-8-4)84-96(92)104(119-100)120-103-95-83-87(71-75-91(95)99(116-101)118-103)107(123)111-79-67-63-59-55-51-47-43-39-35-31-27-23-19-15-11-7-3/h69-76,81-84H,5-68,77-80H2,1-4H3,(H,109,121)(H,110,122)(H,111,123)(H,112,124)(H2,113,114,115,116,117,118,119,120).